The summed E-state index contributed by atoms with van der Waals surface area (Å²) in [5.74, 6) is 0.171. The maximum Gasteiger partial charge on any atom is 0.262 e. The number of hydrogen-bond acceptors (Lipinski definition) is 4. The maximum atomic E-state index is 12.5. The fraction of sp³-hybridized carbons (Fsp3) is 0.409. The molecule has 2 aromatic carbocycles. The lowest BCUT2D eigenvalue weighted by molar-refractivity contribution is -0.118. The largest absolute Gasteiger partial charge is 0.484 e. The molecule has 7 heteroatoms. The molecule has 2 aromatic rings. The first kappa shape index (κ1) is 21.3. The maximum absolute atomic E-state index is 12.5. The molecule has 0 radical (unpaired) electrons. The van der Waals surface area contributed by atoms with Crippen molar-refractivity contribution < 1.29 is 17.9 Å². The molecule has 0 bridgehead atoms. The molecule has 3 rings (SSSR count). The molecule has 1 aliphatic carbocycles. The quantitative estimate of drug-likeness (QED) is 0.716. The second kappa shape index (κ2) is 9.41. The fourth-order valence-corrected chi connectivity index (χ4v) is 4.82. The molecule has 1 saturated carbocycles. The Morgan fingerprint density at radius 1 is 1.03 bits per heavy atom. The summed E-state index contributed by atoms with van der Waals surface area (Å²) in [6, 6.07) is 12.0. The molecule has 0 aliphatic heterocycles. The van der Waals surface area contributed by atoms with Crippen molar-refractivity contribution in [3.63, 3.8) is 0 Å². The number of carbonyl (C=O) groups excluding carboxylic acids is 1. The van der Waals surface area contributed by atoms with Gasteiger partial charge in [0.05, 0.1) is 4.90 Å². The molecule has 0 atom stereocenters. The van der Waals surface area contributed by atoms with Crippen LogP contribution >= 0.6 is 0 Å². The van der Waals surface area contributed by atoms with Gasteiger partial charge in [0.25, 0.3) is 5.91 Å². The average Bonchev–Trinajstić information content (AvgIpc) is 2.69. The monoisotopic (exact) mass is 416 g/mol. The van der Waals surface area contributed by atoms with Crippen molar-refractivity contribution in [2.45, 2.75) is 56.9 Å². The number of sulfonamides is 1. The summed E-state index contributed by atoms with van der Waals surface area (Å²) < 4.78 is 33.3. The molecule has 0 unspecified atom stereocenters. The Morgan fingerprint density at radius 3 is 2.38 bits per heavy atom. The molecule has 156 valence electrons. The van der Waals surface area contributed by atoms with Crippen molar-refractivity contribution in [1.29, 1.82) is 0 Å². The molecular weight excluding hydrogens is 388 g/mol. The van der Waals surface area contributed by atoms with E-state index in [-0.39, 0.29) is 23.5 Å². The first-order chi connectivity index (χ1) is 13.8. The Hall–Kier alpha value is -2.38. The molecule has 6 nitrogen and oxygen atoms in total. The van der Waals surface area contributed by atoms with Gasteiger partial charge in [0.2, 0.25) is 10.0 Å². The van der Waals surface area contributed by atoms with Crippen molar-refractivity contribution in [2.24, 2.45) is 0 Å². The Kier molecular flexibility index (Phi) is 6.92. The molecule has 0 heterocycles. The third kappa shape index (κ3) is 6.05. The number of rotatable bonds is 7. The van der Waals surface area contributed by atoms with Crippen molar-refractivity contribution in [3.05, 3.63) is 53.6 Å². The van der Waals surface area contributed by atoms with Crippen LogP contribution in [0.25, 0.3) is 0 Å². The second-order valence-corrected chi connectivity index (χ2v) is 9.30. The number of hydrogen-bond donors (Lipinski definition) is 2. The van der Waals surface area contributed by atoms with Gasteiger partial charge in [0.15, 0.2) is 6.61 Å². The predicted octanol–water partition coefficient (Wildman–Crippen LogP) is 3.93. The van der Waals surface area contributed by atoms with Gasteiger partial charge in [-0.15, -0.1) is 0 Å². The highest BCUT2D eigenvalue weighted by atomic mass is 32.2. The molecule has 1 amide bonds. The third-order valence-electron chi connectivity index (χ3n) is 5.09. The molecule has 29 heavy (non-hydrogen) atoms. The number of carbonyl (C=O) groups is 1. The normalized spacial score (nSPS) is 15.1. The van der Waals surface area contributed by atoms with Gasteiger partial charge in [0, 0.05) is 11.7 Å². The van der Waals surface area contributed by atoms with Gasteiger partial charge in [-0.25, -0.2) is 13.1 Å². The van der Waals surface area contributed by atoms with E-state index in [0.29, 0.717) is 5.75 Å². The molecular formula is C22H28N2O4S. The van der Waals surface area contributed by atoms with Gasteiger partial charge in [-0.05, 0) is 62.6 Å². The van der Waals surface area contributed by atoms with Crippen LogP contribution in [0.3, 0.4) is 0 Å². The van der Waals surface area contributed by atoms with Crippen molar-refractivity contribution in [1.82, 2.24) is 4.72 Å². The van der Waals surface area contributed by atoms with Gasteiger partial charge in [-0.2, -0.15) is 0 Å². The standard InChI is InChI=1S/C22H28N2O4S/c1-16-8-13-21(17(2)14-16)23-22(25)15-28-19-9-11-20(12-10-19)29(26,27)24-18-6-4-3-5-7-18/h8-14,18,24H,3-7,15H2,1-2H3,(H,23,25). The summed E-state index contributed by atoms with van der Waals surface area (Å²) in [6.07, 6.45) is 5.06. The van der Waals surface area contributed by atoms with E-state index in [1.807, 2.05) is 32.0 Å². The zero-order valence-electron chi connectivity index (χ0n) is 16.9. The Labute approximate surface area is 172 Å². The van der Waals surface area contributed by atoms with Crippen LogP contribution in [0.15, 0.2) is 47.4 Å². The van der Waals surface area contributed by atoms with E-state index in [0.717, 1.165) is 42.5 Å². The van der Waals surface area contributed by atoms with E-state index in [4.69, 9.17) is 4.74 Å². The SMILES string of the molecule is Cc1ccc(NC(=O)COc2ccc(S(=O)(=O)NC3CCCCC3)cc2)c(C)c1. The number of ether oxygens (including phenoxy) is 1. The van der Waals surface area contributed by atoms with E-state index in [1.54, 1.807) is 12.1 Å². The lowest BCUT2D eigenvalue weighted by Crippen LogP contribution is -2.36. The van der Waals surface area contributed by atoms with Crippen LogP contribution in [0.1, 0.15) is 43.2 Å². The van der Waals surface area contributed by atoms with E-state index < -0.39 is 10.0 Å². The van der Waals surface area contributed by atoms with Gasteiger partial charge < -0.3 is 10.1 Å². The van der Waals surface area contributed by atoms with Crippen molar-refractivity contribution >= 4 is 21.6 Å². The zero-order chi connectivity index (χ0) is 20.9. The minimum absolute atomic E-state index is 0.0126. The minimum Gasteiger partial charge on any atom is -0.484 e. The van der Waals surface area contributed by atoms with E-state index in [1.165, 1.54) is 18.6 Å². The Bertz CT molecular complexity index is 949. The van der Waals surface area contributed by atoms with E-state index >= 15 is 0 Å². The van der Waals surface area contributed by atoms with Gasteiger partial charge >= 0.3 is 0 Å². The van der Waals surface area contributed by atoms with Gasteiger partial charge in [-0.1, -0.05) is 37.0 Å². The molecule has 1 aliphatic rings. The summed E-state index contributed by atoms with van der Waals surface area (Å²) in [6.45, 7) is 3.78. The Balaban J connectivity index is 1.53. The highest BCUT2D eigenvalue weighted by molar-refractivity contribution is 7.89. The third-order valence-corrected chi connectivity index (χ3v) is 6.62. The van der Waals surface area contributed by atoms with Crippen LogP contribution in [0.2, 0.25) is 0 Å². The van der Waals surface area contributed by atoms with Crippen LogP contribution in [-0.4, -0.2) is 27.0 Å². The molecule has 0 saturated heterocycles. The second-order valence-electron chi connectivity index (χ2n) is 7.58. The van der Waals surface area contributed by atoms with E-state index in [2.05, 4.69) is 10.0 Å². The summed E-state index contributed by atoms with van der Waals surface area (Å²) in [4.78, 5) is 12.3. The summed E-state index contributed by atoms with van der Waals surface area (Å²) in [5.41, 5.74) is 2.86. The predicted molar refractivity (Wildman–Crippen MR) is 114 cm³/mol. The fourth-order valence-electron chi connectivity index (χ4n) is 3.51. The first-order valence-corrected chi connectivity index (χ1v) is 11.4. The van der Waals surface area contributed by atoms with Crippen LogP contribution in [0, 0.1) is 13.8 Å². The summed E-state index contributed by atoms with van der Waals surface area (Å²) in [5, 5.41) is 2.82. The summed E-state index contributed by atoms with van der Waals surface area (Å²) >= 11 is 0. The van der Waals surface area contributed by atoms with Crippen LogP contribution < -0.4 is 14.8 Å². The number of benzene rings is 2. The number of anilines is 1. The summed E-state index contributed by atoms with van der Waals surface area (Å²) in [7, 11) is -3.54. The van der Waals surface area contributed by atoms with Crippen molar-refractivity contribution in [3.8, 4) is 5.75 Å². The Morgan fingerprint density at radius 2 is 1.72 bits per heavy atom. The van der Waals surface area contributed by atoms with E-state index in [9.17, 15) is 13.2 Å². The van der Waals surface area contributed by atoms with Crippen molar-refractivity contribution in [2.75, 3.05) is 11.9 Å². The highest BCUT2D eigenvalue weighted by Crippen LogP contribution is 2.21. The molecule has 0 spiro atoms. The van der Waals surface area contributed by atoms with Crippen LogP contribution in [0.5, 0.6) is 5.75 Å². The van der Waals surface area contributed by atoms with Crippen LogP contribution in [-0.2, 0) is 14.8 Å². The molecule has 0 aromatic heterocycles. The zero-order valence-corrected chi connectivity index (χ0v) is 17.7. The number of nitrogens with one attached hydrogen (secondary N) is 2. The lowest BCUT2D eigenvalue weighted by Gasteiger charge is -2.22. The smallest absolute Gasteiger partial charge is 0.262 e. The van der Waals surface area contributed by atoms with Gasteiger partial charge in [0.1, 0.15) is 5.75 Å². The van der Waals surface area contributed by atoms with Crippen LogP contribution in [0.4, 0.5) is 5.69 Å². The molecule has 2 N–H and O–H groups in total. The minimum atomic E-state index is -3.54. The highest BCUT2D eigenvalue weighted by Gasteiger charge is 2.21. The number of amides is 1. The molecule has 1 fully saturated rings. The first-order valence-electron chi connectivity index (χ1n) is 9.96. The lowest BCUT2D eigenvalue weighted by atomic mass is 9.96. The average molecular weight is 417 g/mol. The topological polar surface area (TPSA) is 84.5 Å². The number of aryl methyl sites for hydroxylation is 2. The van der Waals surface area contributed by atoms with Gasteiger partial charge in [-0.3, -0.25) is 4.79 Å².